The first kappa shape index (κ1) is 18.7. The van der Waals surface area contributed by atoms with Crippen LogP contribution < -0.4 is 0 Å². The van der Waals surface area contributed by atoms with Gasteiger partial charge in [0.05, 0.1) is 5.92 Å². The van der Waals surface area contributed by atoms with Crippen LogP contribution >= 0.6 is 0 Å². The molecule has 0 spiro atoms. The molecule has 1 aliphatic rings. The maximum Gasteiger partial charge on any atom is 0.410 e. The minimum Gasteiger partial charge on any atom is -0.444 e. The number of Topliss-reactive ketones (excluding diaryl/α,β-unsaturated/α-hetero) is 2. The van der Waals surface area contributed by atoms with E-state index in [1.165, 1.54) is 6.92 Å². The van der Waals surface area contributed by atoms with Gasteiger partial charge in [0.15, 0.2) is 0 Å². The Morgan fingerprint density at radius 3 is 2.23 bits per heavy atom. The number of hydrogen-bond donors (Lipinski definition) is 0. The Balaban J connectivity index is 2.76. The molecule has 5 nitrogen and oxygen atoms in total. The van der Waals surface area contributed by atoms with Crippen molar-refractivity contribution in [1.82, 2.24) is 4.90 Å². The second-order valence-electron chi connectivity index (χ2n) is 7.50. The molecule has 2 atom stereocenters. The molecule has 2 unspecified atom stereocenters. The van der Waals surface area contributed by atoms with Crippen LogP contribution in [0, 0.1) is 17.8 Å². The number of carbonyl (C=O) groups is 3. The number of piperidine rings is 1. The van der Waals surface area contributed by atoms with E-state index in [4.69, 9.17) is 4.74 Å². The maximum absolute atomic E-state index is 12.6. The highest BCUT2D eigenvalue weighted by atomic mass is 16.6. The lowest BCUT2D eigenvalue weighted by atomic mass is 9.80. The largest absolute Gasteiger partial charge is 0.444 e. The van der Waals surface area contributed by atoms with Gasteiger partial charge in [-0.25, -0.2) is 4.79 Å². The predicted octanol–water partition coefficient (Wildman–Crippen LogP) is 3.06. The van der Waals surface area contributed by atoms with Crippen molar-refractivity contribution in [3.05, 3.63) is 0 Å². The van der Waals surface area contributed by atoms with Crippen molar-refractivity contribution in [2.45, 2.75) is 60.0 Å². The summed E-state index contributed by atoms with van der Waals surface area (Å²) in [5.74, 6) is -0.965. The van der Waals surface area contributed by atoms with E-state index in [0.29, 0.717) is 13.1 Å². The number of rotatable bonds is 4. The molecule has 1 heterocycles. The molecule has 22 heavy (non-hydrogen) atoms. The third-order valence-electron chi connectivity index (χ3n) is 3.89. The van der Waals surface area contributed by atoms with Crippen LogP contribution in [0.2, 0.25) is 0 Å². The Morgan fingerprint density at radius 1 is 1.18 bits per heavy atom. The van der Waals surface area contributed by atoms with Crippen molar-refractivity contribution >= 4 is 17.7 Å². The number of amides is 1. The third-order valence-corrected chi connectivity index (χ3v) is 3.89. The normalized spacial score (nSPS) is 20.7. The fourth-order valence-electron chi connectivity index (χ4n) is 2.95. The van der Waals surface area contributed by atoms with Crippen LogP contribution in [0.1, 0.15) is 54.4 Å². The molecule has 1 aliphatic heterocycles. The number of carbonyl (C=O) groups excluding carboxylic acids is 3. The molecular formula is C17H29NO4. The van der Waals surface area contributed by atoms with Gasteiger partial charge in [-0.1, -0.05) is 13.8 Å². The molecule has 1 rings (SSSR count). The van der Waals surface area contributed by atoms with Crippen LogP contribution in [0.15, 0.2) is 0 Å². The van der Waals surface area contributed by atoms with Gasteiger partial charge in [0.1, 0.15) is 17.2 Å². The van der Waals surface area contributed by atoms with Crippen LogP contribution in [0.3, 0.4) is 0 Å². The molecule has 0 aliphatic carbocycles. The molecule has 0 aromatic carbocycles. The molecule has 5 heteroatoms. The zero-order valence-electron chi connectivity index (χ0n) is 14.6. The summed E-state index contributed by atoms with van der Waals surface area (Å²) in [6.07, 6.45) is 1.11. The number of likely N-dealkylation sites (tertiary alicyclic amines) is 1. The summed E-state index contributed by atoms with van der Waals surface area (Å²) in [5.41, 5.74) is -0.548. The first-order chi connectivity index (χ1) is 10.0. The van der Waals surface area contributed by atoms with Crippen LogP contribution in [0.5, 0.6) is 0 Å². The van der Waals surface area contributed by atoms with Gasteiger partial charge in [0.25, 0.3) is 0 Å². The molecule has 0 N–H and O–H groups in total. The van der Waals surface area contributed by atoms with Gasteiger partial charge < -0.3 is 9.64 Å². The minimum absolute atomic E-state index is 0.0121. The lowest BCUT2D eigenvalue weighted by molar-refractivity contribution is -0.137. The smallest absolute Gasteiger partial charge is 0.410 e. The van der Waals surface area contributed by atoms with Crippen LogP contribution in [0.25, 0.3) is 0 Å². The first-order valence-electron chi connectivity index (χ1n) is 8.05. The van der Waals surface area contributed by atoms with E-state index >= 15 is 0 Å². The number of ketones is 2. The summed E-state index contributed by atoms with van der Waals surface area (Å²) in [5, 5.41) is 0. The van der Waals surface area contributed by atoms with Crippen molar-refractivity contribution in [1.29, 1.82) is 0 Å². The van der Waals surface area contributed by atoms with Gasteiger partial charge in [-0.2, -0.15) is 0 Å². The zero-order valence-corrected chi connectivity index (χ0v) is 14.6. The monoisotopic (exact) mass is 311 g/mol. The van der Waals surface area contributed by atoms with E-state index in [1.807, 2.05) is 34.6 Å². The number of ether oxygens (including phenoxy) is 1. The fraction of sp³-hybridized carbons (Fsp3) is 0.824. The van der Waals surface area contributed by atoms with Crippen molar-refractivity contribution in [3.63, 3.8) is 0 Å². The van der Waals surface area contributed by atoms with E-state index in [1.54, 1.807) is 4.90 Å². The van der Waals surface area contributed by atoms with Gasteiger partial charge in [0, 0.05) is 19.0 Å². The summed E-state index contributed by atoms with van der Waals surface area (Å²) in [6.45, 7) is 11.7. The van der Waals surface area contributed by atoms with Gasteiger partial charge in [-0.3, -0.25) is 9.59 Å². The average Bonchev–Trinajstić information content (AvgIpc) is 2.36. The molecule has 0 bridgehead atoms. The SMILES string of the molecule is CC(=O)C(C(=O)C1CCCN(C(=O)OC(C)(C)C)C1)C(C)C. The summed E-state index contributed by atoms with van der Waals surface area (Å²) in [6, 6.07) is 0. The molecule has 1 fully saturated rings. The Hall–Kier alpha value is -1.39. The van der Waals surface area contributed by atoms with Crippen LogP contribution in [0.4, 0.5) is 4.79 Å². The molecule has 1 saturated heterocycles. The quantitative estimate of drug-likeness (QED) is 0.749. The number of hydrogen-bond acceptors (Lipinski definition) is 4. The van der Waals surface area contributed by atoms with Crippen molar-refractivity contribution in [3.8, 4) is 0 Å². The summed E-state index contributed by atoms with van der Waals surface area (Å²) in [4.78, 5) is 38.1. The molecule has 1 amide bonds. The first-order valence-corrected chi connectivity index (χ1v) is 8.05. The van der Waals surface area contributed by atoms with Crippen molar-refractivity contribution in [2.75, 3.05) is 13.1 Å². The summed E-state index contributed by atoms with van der Waals surface area (Å²) >= 11 is 0. The highest BCUT2D eigenvalue weighted by molar-refractivity contribution is 6.02. The fourth-order valence-corrected chi connectivity index (χ4v) is 2.95. The maximum atomic E-state index is 12.6. The third kappa shape index (κ3) is 5.11. The van der Waals surface area contributed by atoms with Crippen molar-refractivity contribution < 1.29 is 19.1 Å². The van der Waals surface area contributed by atoms with Crippen molar-refractivity contribution in [2.24, 2.45) is 17.8 Å². The Bertz CT molecular complexity index is 436. The van der Waals surface area contributed by atoms with E-state index in [-0.39, 0.29) is 29.5 Å². The van der Waals surface area contributed by atoms with Crippen LogP contribution in [-0.4, -0.2) is 41.3 Å². The van der Waals surface area contributed by atoms with E-state index in [9.17, 15) is 14.4 Å². The van der Waals surface area contributed by atoms with E-state index < -0.39 is 11.5 Å². The predicted molar refractivity (Wildman–Crippen MR) is 84.5 cm³/mol. The average molecular weight is 311 g/mol. The van der Waals surface area contributed by atoms with E-state index in [2.05, 4.69) is 0 Å². The molecule has 126 valence electrons. The lowest BCUT2D eigenvalue weighted by Gasteiger charge is -2.35. The lowest BCUT2D eigenvalue weighted by Crippen LogP contribution is -2.46. The summed E-state index contributed by atoms with van der Waals surface area (Å²) in [7, 11) is 0. The summed E-state index contributed by atoms with van der Waals surface area (Å²) < 4.78 is 5.37. The van der Waals surface area contributed by atoms with E-state index in [0.717, 1.165) is 12.8 Å². The Morgan fingerprint density at radius 2 is 1.77 bits per heavy atom. The molecular weight excluding hydrogens is 282 g/mol. The van der Waals surface area contributed by atoms with Gasteiger partial charge in [-0.05, 0) is 46.5 Å². The topological polar surface area (TPSA) is 63.7 Å². The van der Waals surface area contributed by atoms with Gasteiger partial charge in [0.2, 0.25) is 0 Å². The second kappa shape index (κ2) is 7.25. The molecule has 0 radical (unpaired) electrons. The molecule has 0 aromatic rings. The highest BCUT2D eigenvalue weighted by Crippen LogP contribution is 2.25. The van der Waals surface area contributed by atoms with Crippen LogP contribution in [-0.2, 0) is 14.3 Å². The number of nitrogens with zero attached hydrogens (tertiary/aromatic N) is 1. The highest BCUT2D eigenvalue weighted by Gasteiger charge is 2.36. The Kier molecular flexibility index (Phi) is 6.15. The van der Waals surface area contributed by atoms with Gasteiger partial charge >= 0.3 is 6.09 Å². The molecule has 0 saturated carbocycles. The van der Waals surface area contributed by atoms with Gasteiger partial charge in [-0.15, -0.1) is 0 Å². The zero-order chi connectivity index (χ0) is 17.1. The standard InChI is InChI=1S/C17H29NO4/c1-11(2)14(12(3)19)15(20)13-8-7-9-18(10-13)16(21)22-17(4,5)6/h11,13-14H,7-10H2,1-6H3. The minimum atomic E-state index is -0.566. The second-order valence-corrected chi connectivity index (χ2v) is 7.50. The Labute approximate surface area is 133 Å². The molecule has 0 aromatic heterocycles.